The van der Waals surface area contributed by atoms with E-state index in [-0.39, 0.29) is 6.10 Å². The van der Waals surface area contributed by atoms with E-state index in [0.29, 0.717) is 0 Å². The Hall–Kier alpha value is -0.0800. The standard InChI is InChI=1S/C15H27NO/c1-2-11(17)6-7-16-15-9-10-8-14(15)13-5-3-4-12(10)13/h10-17H,2-9H2,1H3. The Bertz CT molecular complexity index is 268. The molecule has 6 unspecified atom stereocenters. The number of aliphatic hydroxyl groups is 1. The van der Waals surface area contributed by atoms with Crippen LogP contribution in [0.15, 0.2) is 0 Å². The Morgan fingerprint density at radius 3 is 2.82 bits per heavy atom. The van der Waals surface area contributed by atoms with Gasteiger partial charge < -0.3 is 10.4 Å². The molecule has 3 aliphatic carbocycles. The van der Waals surface area contributed by atoms with E-state index in [0.717, 1.165) is 49.1 Å². The highest BCUT2D eigenvalue weighted by molar-refractivity contribution is 5.05. The molecule has 3 fully saturated rings. The molecule has 3 aliphatic rings. The van der Waals surface area contributed by atoms with Crippen molar-refractivity contribution in [3.63, 3.8) is 0 Å². The molecule has 2 N–H and O–H groups in total. The van der Waals surface area contributed by atoms with Crippen molar-refractivity contribution in [2.75, 3.05) is 6.54 Å². The molecule has 0 aliphatic heterocycles. The van der Waals surface area contributed by atoms with E-state index in [2.05, 4.69) is 12.2 Å². The maximum Gasteiger partial charge on any atom is 0.0549 e. The first kappa shape index (κ1) is 12.0. The predicted molar refractivity (Wildman–Crippen MR) is 69.8 cm³/mol. The first-order valence-corrected chi connectivity index (χ1v) is 7.71. The quantitative estimate of drug-likeness (QED) is 0.770. The molecule has 3 saturated carbocycles. The van der Waals surface area contributed by atoms with E-state index in [1.807, 2.05) is 0 Å². The van der Waals surface area contributed by atoms with Crippen LogP contribution < -0.4 is 5.32 Å². The lowest BCUT2D eigenvalue weighted by Gasteiger charge is -2.32. The molecule has 2 bridgehead atoms. The van der Waals surface area contributed by atoms with Crippen LogP contribution >= 0.6 is 0 Å². The van der Waals surface area contributed by atoms with Gasteiger partial charge >= 0.3 is 0 Å². The molecule has 3 rings (SSSR count). The molecule has 0 aromatic rings. The van der Waals surface area contributed by atoms with E-state index in [1.165, 1.54) is 32.1 Å². The Balaban J connectivity index is 1.47. The van der Waals surface area contributed by atoms with Crippen LogP contribution in [0.3, 0.4) is 0 Å². The summed E-state index contributed by atoms with van der Waals surface area (Å²) in [7, 11) is 0. The summed E-state index contributed by atoms with van der Waals surface area (Å²) in [5, 5.41) is 13.3. The Labute approximate surface area is 105 Å². The fourth-order valence-electron chi connectivity index (χ4n) is 4.94. The highest BCUT2D eigenvalue weighted by Gasteiger charge is 2.53. The van der Waals surface area contributed by atoms with E-state index < -0.39 is 0 Å². The summed E-state index contributed by atoms with van der Waals surface area (Å²) in [6.07, 6.45) is 9.16. The molecule has 2 nitrogen and oxygen atoms in total. The number of rotatable bonds is 5. The molecule has 0 radical (unpaired) electrons. The summed E-state index contributed by atoms with van der Waals surface area (Å²) < 4.78 is 0. The zero-order chi connectivity index (χ0) is 11.8. The van der Waals surface area contributed by atoms with Crippen molar-refractivity contribution in [1.82, 2.24) is 5.32 Å². The van der Waals surface area contributed by atoms with Crippen LogP contribution in [0.5, 0.6) is 0 Å². The molecule has 2 heteroatoms. The summed E-state index contributed by atoms with van der Waals surface area (Å²) >= 11 is 0. The summed E-state index contributed by atoms with van der Waals surface area (Å²) in [5.41, 5.74) is 0. The highest BCUT2D eigenvalue weighted by atomic mass is 16.3. The molecular formula is C15H27NO. The van der Waals surface area contributed by atoms with Gasteiger partial charge in [0.15, 0.2) is 0 Å². The predicted octanol–water partition coefficient (Wildman–Crippen LogP) is 2.56. The van der Waals surface area contributed by atoms with Crippen LogP contribution in [0, 0.1) is 23.7 Å². The van der Waals surface area contributed by atoms with Gasteiger partial charge in [-0.2, -0.15) is 0 Å². The van der Waals surface area contributed by atoms with E-state index >= 15 is 0 Å². The Morgan fingerprint density at radius 1 is 1.18 bits per heavy atom. The summed E-state index contributed by atoms with van der Waals surface area (Å²) in [6, 6.07) is 0.781. The van der Waals surface area contributed by atoms with Crippen LogP contribution in [-0.2, 0) is 0 Å². The van der Waals surface area contributed by atoms with Gasteiger partial charge in [0.05, 0.1) is 6.10 Å². The highest BCUT2D eigenvalue weighted by Crippen LogP contribution is 2.58. The smallest absolute Gasteiger partial charge is 0.0549 e. The fourth-order valence-corrected chi connectivity index (χ4v) is 4.94. The summed E-state index contributed by atoms with van der Waals surface area (Å²) in [5.74, 6) is 4.17. The van der Waals surface area contributed by atoms with Gasteiger partial charge in [-0.1, -0.05) is 13.3 Å². The zero-order valence-electron chi connectivity index (χ0n) is 11.1. The molecule has 0 amide bonds. The van der Waals surface area contributed by atoms with E-state index in [9.17, 15) is 5.11 Å². The molecule has 0 aromatic carbocycles. The van der Waals surface area contributed by atoms with Gasteiger partial charge in [0, 0.05) is 6.04 Å². The van der Waals surface area contributed by atoms with Crippen molar-refractivity contribution in [2.24, 2.45) is 23.7 Å². The molecule has 0 spiro atoms. The molecule has 0 aromatic heterocycles. The number of fused-ring (bicyclic) bond motifs is 5. The van der Waals surface area contributed by atoms with Gasteiger partial charge in [-0.15, -0.1) is 0 Å². The number of hydrogen-bond donors (Lipinski definition) is 2. The van der Waals surface area contributed by atoms with Crippen LogP contribution in [0.25, 0.3) is 0 Å². The second-order valence-corrected chi connectivity index (χ2v) is 6.57. The monoisotopic (exact) mass is 237 g/mol. The first-order valence-electron chi connectivity index (χ1n) is 7.71. The largest absolute Gasteiger partial charge is 0.393 e. The first-order chi connectivity index (χ1) is 8.29. The number of nitrogens with one attached hydrogen (secondary N) is 1. The SMILES string of the molecule is CCC(O)CCNC1CC2CC1C1CCCC21. The Kier molecular flexibility index (Phi) is 3.45. The second kappa shape index (κ2) is 4.89. The summed E-state index contributed by atoms with van der Waals surface area (Å²) in [6.45, 7) is 3.08. The van der Waals surface area contributed by atoms with Crippen molar-refractivity contribution in [3.05, 3.63) is 0 Å². The molecule has 6 atom stereocenters. The van der Waals surface area contributed by atoms with Crippen LogP contribution in [0.2, 0.25) is 0 Å². The van der Waals surface area contributed by atoms with Crippen molar-refractivity contribution in [2.45, 2.75) is 64.0 Å². The lowest BCUT2D eigenvalue weighted by Crippen LogP contribution is -2.40. The van der Waals surface area contributed by atoms with Crippen LogP contribution in [0.1, 0.15) is 51.9 Å². The lowest BCUT2D eigenvalue weighted by atomic mass is 9.79. The third-order valence-corrected chi connectivity index (χ3v) is 5.78. The van der Waals surface area contributed by atoms with Crippen LogP contribution in [0.4, 0.5) is 0 Å². The third-order valence-electron chi connectivity index (χ3n) is 5.78. The topological polar surface area (TPSA) is 32.3 Å². The maximum atomic E-state index is 9.57. The van der Waals surface area contributed by atoms with Gasteiger partial charge in [0.2, 0.25) is 0 Å². The second-order valence-electron chi connectivity index (χ2n) is 6.57. The van der Waals surface area contributed by atoms with E-state index in [4.69, 9.17) is 0 Å². The normalized spacial score (nSPS) is 45.2. The van der Waals surface area contributed by atoms with Crippen LogP contribution in [-0.4, -0.2) is 23.8 Å². The molecule has 17 heavy (non-hydrogen) atoms. The van der Waals surface area contributed by atoms with Gasteiger partial charge in [0.25, 0.3) is 0 Å². The van der Waals surface area contributed by atoms with Crippen molar-refractivity contribution in [3.8, 4) is 0 Å². The van der Waals surface area contributed by atoms with Gasteiger partial charge in [-0.25, -0.2) is 0 Å². The molecule has 0 heterocycles. The molecule has 98 valence electrons. The zero-order valence-corrected chi connectivity index (χ0v) is 11.1. The Morgan fingerprint density at radius 2 is 2.00 bits per heavy atom. The lowest BCUT2D eigenvalue weighted by molar-refractivity contribution is 0.151. The average molecular weight is 237 g/mol. The van der Waals surface area contributed by atoms with Crippen molar-refractivity contribution < 1.29 is 5.11 Å². The number of aliphatic hydroxyl groups excluding tert-OH is 1. The van der Waals surface area contributed by atoms with Gasteiger partial charge in [-0.05, 0) is 68.7 Å². The average Bonchev–Trinajstić information content (AvgIpc) is 3.00. The minimum atomic E-state index is -0.0969. The molecular weight excluding hydrogens is 210 g/mol. The fraction of sp³-hybridized carbons (Fsp3) is 1.00. The van der Waals surface area contributed by atoms with Gasteiger partial charge in [0.1, 0.15) is 0 Å². The van der Waals surface area contributed by atoms with Crippen molar-refractivity contribution in [1.29, 1.82) is 0 Å². The minimum absolute atomic E-state index is 0.0969. The minimum Gasteiger partial charge on any atom is -0.393 e. The van der Waals surface area contributed by atoms with Gasteiger partial charge in [-0.3, -0.25) is 0 Å². The van der Waals surface area contributed by atoms with Crippen molar-refractivity contribution >= 4 is 0 Å². The maximum absolute atomic E-state index is 9.57. The number of hydrogen-bond acceptors (Lipinski definition) is 2. The van der Waals surface area contributed by atoms with E-state index in [1.54, 1.807) is 0 Å². The third kappa shape index (κ3) is 2.15. The summed E-state index contributed by atoms with van der Waals surface area (Å²) in [4.78, 5) is 0. The molecule has 0 saturated heterocycles.